The third kappa shape index (κ3) is 2.00. The molecule has 0 aliphatic heterocycles. The van der Waals surface area contributed by atoms with Crippen LogP contribution in [0.5, 0.6) is 5.88 Å². The van der Waals surface area contributed by atoms with E-state index in [2.05, 4.69) is 12.0 Å². The second kappa shape index (κ2) is 4.53. The van der Waals surface area contributed by atoms with Gasteiger partial charge in [0.2, 0.25) is 0 Å². The minimum Gasteiger partial charge on any atom is -0.475 e. The highest BCUT2D eigenvalue weighted by Crippen LogP contribution is 2.31. The number of nitrogens with zero attached hydrogens (tertiary/aromatic N) is 3. The highest BCUT2D eigenvalue weighted by Gasteiger charge is 2.14. The summed E-state index contributed by atoms with van der Waals surface area (Å²) in [6.45, 7) is 2.68. The van der Waals surface area contributed by atoms with E-state index in [9.17, 15) is 0 Å². The van der Waals surface area contributed by atoms with E-state index in [1.807, 2.05) is 37.3 Å². The molecule has 0 aliphatic carbocycles. The summed E-state index contributed by atoms with van der Waals surface area (Å²) in [6.07, 6.45) is 2.81. The predicted octanol–water partition coefficient (Wildman–Crippen LogP) is 1.77. The van der Waals surface area contributed by atoms with Crippen molar-refractivity contribution in [2.75, 3.05) is 31.3 Å². The van der Waals surface area contributed by atoms with Crippen LogP contribution in [0.3, 0.4) is 0 Å². The molecule has 2 N–H and O–H groups in total. The van der Waals surface area contributed by atoms with Crippen LogP contribution in [0, 0.1) is 0 Å². The van der Waals surface area contributed by atoms with Crippen molar-refractivity contribution in [1.29, 1.82) is 0 Å². The summed E-state index contributed by atoms with van der Waals surface area (Å²) < 4.78 is 7.29. The number of hydrogen-bond donors (Lipinski definition) is 1. The Morgan fingerprint density at radius 1 is 1.47 bits per heavy atom. The lowest BCUT2D eigenvalue weighted by atomic mass is 10.3. The van der Waals surface area contributed by atoms with Gasteiger partial charge in [0.05, 0.1) is 12.3 Å². The summed E-state index contributed by atoms with van der Waals surface area (Å²) in [5, 5.41) is 4.34. The maximum Gasteiger partial charge on any atom is 0.257 e. The number of nitrogen functional groups attached to an aromatic ring is 1. The van der Waals surface area contributed by atoms with Crippen molar-refractivity contribution in [1.82, 2.24) is 9.61 Å². The molecule has 17 heavy (non-hydrogen) atoms. The predicted molar refractivity (Wildman–Crippen MR) is 69.7 cm³/mol. The van der Waals surface area contributed by atoms with E-state index < -0.39 is 0 Å². The van der Waals surface area contributed by atoms with Crippen LogP contribution in [0.4, 0.5) is 11.4 Å². The average Bonchev–Trinajstić information content (AvgIpc) is 2.63. The smallest absolute Gasteiger partial charge is 0.257 e. The molecule has 0 aromatic carbocycles. The fourth-order valence-electron chi connectivity index (χ4n) is 1.75. The van der Waals surface area contributed by atoms with Crippen LogP contribution in [0.2, 0.25) is 0 Å². The third-order valence-electron chi connectivity index (χ3n) is 2.56. The van der Waals surface area contributed by atoms with Crippen LogP contribution >= 0.6 is 0 Å². The molecule has 0 radical (unpaired) electrons. The second-order valence-electron chi connectivity index (χ2n) is 4.15. The lowest BCUT2D eigenvalue weighted by Crippen LogP contribution is -2.10. The summed E-state index contributed by atoms with van der Waals surface area (Å²) in [6, 6.07) is 3.95. The van der Waals surface area contributed by atoms with E-state index in [1.54, 1.807) is 4.52 Å². The van der Waals surface area contributed by atoms with Gasteiger partial charge < -0.3 is 15.4 Å². The minimum absolute atomic E-state index is 0.515. The van der Waals surface area contributed by atoms with E-state index in [0.29, 0.717) is 18.2 Å². The minimum atomic E-state index is 0.515. The molecule has 0 bridgehead atoms. The fraction of sp³-hybridized carbons (Fsp3) is 0.417. The molecule has 0 fully saturated rings. The molecular weight excluding hydrogens is 216 g/mol. The quantitative estimate of drug-likeness (QED) is 0.876. The van der Waals surface area contributed by atoms with Gasteiger partial charge in [-0.15, -0.1) is 5.10 Å². The maximum absolute atomic E-state index is 6.08. The standard InChI is InChI=1S/C12H18N4O/c1-4-8-17-12-10(13)11-9(15(2)3)6-5-7-16(11)14-12/h5-7H,4,8,13H2,1-3H3. The summed E-state index contributed by atoms with van der Waals surface area (Å²) in [4.78, 5) is 2.01. The van der Waals surface area contributed by atoms with Gasteiger partial charge in [0.25, 0.3) is 5.88 Å². The van der Waals surface area contributed by atoms with Gasteiger partial charge in [-0.05, 0) is 18.6 Å². The molecule has 2 aromatic rings. The molecule has 2 heterocycles. The van der Waals surface area contributed by atoms with Gasteiger partial charge in [-0.2, -0.15) is 0 Å². The molecule has 0 amide bonds. The van der Waals surface area contributed by atoms with Crippen LogP contribution in [0.25, 0.3) is 5.52 Å². The molecule has 0 saturated heterocycles. The zero-order chi connectivity index (χ0) is 12.4. The molecule has 92 valence electrons. The largest absolute Gasteiger partial charge is 0.475 e. The van der Waals surface area contributed by atoms with Crippen molar-refractivity contribution < 1.29 is 4.74 Å². The van der Waals surface area contributed by atoms with Crippen molar-refractivity contribution in [3.05, 3.63) is 18.3 Å². The zero-order valence-corrected chi connectivity index (χ0v) is 10.5. The Morgan fingerprint density at radius 3 is 2.88 bits per heavy atom. The van der Waals surface area contributed by atoms with Crippen molar-refractivity contribution >= 4 is 16.9 Å². The van der Waals surface area contributed by atoms with Gasteiger partial charge in [0.1, 0.15) is 11.2 Å². The SMILES string of the molecule is CCCOc1nn2cccc(N(C)C)c2c1N. The fourth-order valence-corrected chi connectivity index (χ4v) is 1.75. The van der Waals surface area contributed by atoms with Crippen LogP contribution in [-0.4, -0.2) is 30.3 Å². The molecule has 0 atom stereocenters. The van der Waals surface area contributed by atoms with E-state index in [1.165, 1.54) is 0 Å². The molecule has 5 heteroatoms. The molecule has 2 aromatic heterocycles. The highest BCUT2D eigenvalue weighted by atomic mass is 16.5. The van der Waals surface area contributed by atoms with Gasteiger partial charge >= 0.3 is 0 Å². The zero-order valence-electron chi connectivity index (χ0n) is 10.5. The molecule has 0 saturated carbocycles. The molecule has 0 spiro atoms. The Labute approximate surface area is 101 Å². The normalized spacial score (nSPS) is 10.8. The van der Waals surface area contributed by atoms with Gasteiger partial charge in [0.15, 0.2) is 0 Å². The first-order chi connectivity index (χ1) is 8.15. The summed E-state index contributed by atoms with van der Waals surface area (Å²) in [5.41, 5.74) is 8.61. The van der Waals surface area contributed by atoms with E-state index >= 15 is 0 Å². The number of pyridine rings is 1. The monoisotopic (exact) mass is 234 g/mol. The summed E-state index contributed by atoms with van der Waals surface area (Å²) in [7, 11) is 3.96. The number of aromatic nitrogens is 2. The Kier molecular flexibility index (Phi) is 3.08. The number of fused-ring (bicyclic) bond motifs is 1. The Balaban J connectivity index is 2.53. The van der Waals surface area contributed by atoms with E-state index in [0.717, 1.165) is 17.6 Å². The van der Waals surface area contributed by atoms with E-state index in [4.69, 9.17) is 10.5 Å². The molecule has 5 nitrogen and oxygen atoms in total. The first kappa shape index (κ1) is 11.6. The number of anilines is 2. The third-order valence-corrected chi connectivity index (χ3v) is 2.56. The second-order valence-corrected chi connectivity index (χ2v) is 4.15. The molecule has 0 unspecified atom stereocenters. The summed E-state index contributed by atoms with van der Waals surface area (Å²) in [5.74, 6) is 0.515. The van der Waals surface area contributed by atoms with Gasteiger partial charge in [0, 0.05) is 20.3 Å². The number of hydrogen-bond acceptors (Lipinski definition) is 4. The van der Waals surface area contributed by atoms with Crippen LogP contribution in [0.1, 0.15) is 13.3 Å². The lowest BCUT2D eigenvalue weighted by molar-refractivity contribution is 0.305. The van der Waals surface area contributed by atoms with Crippen LogP contribution in [-0.2, 0) is 0 Å². The molecule has 0 aliphatic rings. The first-order valence-electron chi connectivity index (χ1n) is 5.72. The van der Waals surface area contributed by atoms with Crippen molar-refractivity contribution in [2.45, 2.75) is 13.3 Å². The summed E-state index contributed by atoms with van der Waals surface area (Å²) >= 11 is 0. The molecule has 2 rings (SSSR count). The average molecular weight is 234 g/mol. The molecular formula is C12H18N4O. The van der Waals surface area contributed by atoms with Gasteiger partial charge in [-0.3, -0.25) is 0 Å². The number of nitrogens with two attached hydrogens (primary N) is 1. The topological polar surface area (TPSA) is 55.8 Å². The number of ether oxygens (including phenoxy) is 1. The Bertz CT molecular complexity index is 518. The number of rotatable bonds is 4. The van der Waals surface area contributed by atoms with Crippen molar-refractivity contribution in [3.63, 3.8) is 0 Å². The highest BCUT2D eigenvalue weighted by molar-refractivity contribution is 5.87. The Hall–Kier alpha value is -1.91. The lowest BCUT2D eigenvalue weighted by Gasteiger charge is -2.13. The van der Waals surface area contributed by atoms with Gasteiger partial charge in [-0.1, -0.05) is 6.92 Å². The first-order valence-corrected chi connectivity index (χ1v) is 5.72. The van der Waals surface area contributed by atoms with E-state index in [-0.39, 0.29) is 0 Å². The Morgan fingerprint density at radius 2 is 2.24 bits per heavy atom. The van der Waals surface area contributed by atoms with Gasteiger partial charge in [-0.25, -0.2) is 4.52 Å². The van der Waals surface area contributed by atoms with Crippen molar-refractivity contribution in [3.8, 4) is 5.88 Å². The maximum atomic E-state index is 6.08. The van der Waals surface area contributed by atoms with Crippen molar-refractivity contribution in [2.24, 2.45) is 0 Å². The van der Waals surface area contributed by atoms with Crippen LogP contribution < -0.4 is 15.4 Å². The van der Waals surface area contributed by atoms with Crippen LogP contribution in [0.15, 0.2) is 18.3 Å².